The summed E-state index contributed by atoms with van der Waals surface area (Å²) in [6.07, 6.45) is 1.84. The molecule has 0 aliphatic carbocycles. The molecule has 2 rings (SSSR count). The lowest BCUT2D eigenvalue weighted by Crippen LogP contribution is -2.40. The second-order valence-corrected chi connectivity index (χ2v) is 6.39. The number of likely N-dealkylation sites (tertiary alicyclic amines) is 1. The Labute approximate surface area is 142 Å². The van der Waals surface area contributed by atoms with E-state index in [1.807, 2.05) is 31.4 Å². The van der Waals surface area contributed by atoms with Gasteiger partial charge in [0, 0.05) is 12.2 Å². The van der Waals surface area contributed by atoms with Gasteiger partial charge in [0.1, 0.15) is 10.7 Å². The lowest BCUT2D eigenvalue weighted by atomic mass is 9.98. The summed E-state index contributed by atoms with van der Waals surface area (Å²) in [6.45, 7) is 8.36. The number of hydrogen-bond acceptors (Lipinski definition) is 5. The third-order valence-corrected chi connectivity index (χ3v) is 4.71. The topological polar surface area (TPSA) is 58.3 Å². The number of aryl methyl sites for hydroxylation is 2. The second kappa shape index (κ2) is 7.71. The van der Waals surface area contributed by atoms with Gasteiger partial charge in [-0.15, -0.1) is 0 Å². The first kappa shape index (κ1) is 17.6. The van der Waals surface area contributed by atoms with Crippen molar-refractivity contribution in [3.05, 3.63) is 27.5 Å². The van der Waals surface area contributed by atoms with E-state index in [0.717, 1.165) is 30.6 Å². The van der Waals surface area contributed by atoms with Gasteiger partial charge in [0.25, 0.3) is 0 Å². The van der Waals surface area contributed by atoms with Crippen LogP contribution in [-0.2, 0) is 16.2 Å². The molecule has 1 aliphatic heterocycles. The minimum atomic E-state index is -0.112. The Morgan fingerprint density at radius 3 is 2.91 bits per heavy atom. The molecule has 0 bridgehead atoms. The van der Waals surface area contributed by atoms with Crippen molar-refractivity contribution in [1.29, 1.82) is 5.26 Å². The zero-order valence-corrected chi connectivity index (χ0v) is 14.8. The van der Waals surface area contributed by atoms with Crippen molar-refractivity contribution >= 4 is 18.2 Å². The molecular formula is C17H23N3O2S. The minimum absolute atomic E-state index is 0.0703. The summed E-state index contributed by atoms with van der Waals surface area (Å²) >= 11 is 5.48. The lowest BCUT2D eigenvalue weighted by Gasteiger charge is -2.32. The fraction of sp³-hybridized carbons (Fsp3) is 0.588. The molecule has 0 spiro atoms. The predicted molar refractivity (Wildman–Crippen MR) is 90.4 cm³/mol. The zero-order chi connectivity index (χ0) is 17.0. The van der Waals surface area contributed by atoms with Gasteiger partial charge in [-0.05, 0) is 51.8 Å². The van der Waals surface area contributed by atoms with Gasteiger partial charge in [-0.2, -0.15) is 5.26 Å². The highest BCUT2D eigenvalue weighted by Gasteiger charge is 2.27. The smallest absolute Gasteiger partial charge is 0.310 e. The number of nitrogens with zero attached hydrogens (tertiary/aromatic N) is 3. The van der Waals surface area contributed by atoms with E-state index in [2.05, 4.69) is 11.0 Å². The molecule has 23 heavy (non-hydrogen) atoms. The van der Waals surface area contributed by atoms with Crippen LogP contribution in [0, 0.1) is 35.7 Å². The number of pyridine rings is 1. The molecule has 1 aromatic rings. The summed E-state index contributed by atoms with van der Waals surface area (Å²) < 4.78 is 7.70. The van der Waals surface area contributed by atoms with Gasteiger partial charge in [0.05, 0.1) is 24.8 Å². The highest BCUT2D eigenvalue weighted by molar-refractivity contribution is 7.71. The zero-order valence-electron chi connectivity index (χ0n) is 14.0. The molecule has 6 heteroatoms. The van der Waals surface area contributed by atoms with Crippen molar-refractivity contribution in [2.45, 2.75) is 40.3 Å². The van der Waals surface area contributed by atoms with Crippen molar-refractivity contribution in [3.8, 4) is 6.07 Å². The van der Waals surface area contributed by atoms with Gasteiger partial charge < -0.3 is 9.30 Å². The number of hydrogen-bond donors (Lipinski definition) is 0. The Bertz CT molecular complexity index is 690. The van der Waals surface area contributed by atoms with Gasteiger partial charge in [-0.25, -0.2) is 0 Å². The highest BCUT2D eigenvalue weighted by Crippen LogP contribution is 2.20. The van der Waals surface area contributed by atoms with Gasteiger partial charge in [0.2, 0.25) is 0 Å². The van der Waals surface area contributed by atoms with E-state index in [0.29, 0.717) is 30.0 Å². The summed E-state index contributed by atoms with van der Waals surface area (Å²) in [6, 6.07) is 4.18. The van der Waals surface area contributed by atoms with Crippen molar-refractivity contribution < 1.29 is 9.53 Å². The molecule has 0 unspecified atom stereocenters. The van der Waals surface area contributed by atoms with Gasteiger partial charge in [-0.3, -0.25) is 9.69 Å². The van der Waals surface area contributed by atoms with Crippen LogP contribution in [0.5, 0.6) is 0 Å². The van der Waals surface area contributed by atoms with E-state index >= 15 is 0 Å². The Hall–Kier alpha value is -1.71. The first-order valence-corrected chi connectivity index (χ1v) is 8.38. The number of nitriles is 1. The SMILES string of the molecule is CCOC(=O)[C@@H]1CCCN(Cn2c(C)cc(C)c(C#N)c2=S)C1. The highest BCUT2D eigenvalue weighted by atomic mass is 32.1. The second-order valence-electron chi connectivity index (χ2n) is 6.00. The third kappa shape index (κ3) is 3.98. The van der Waals surface area contributed by atoms with Crippen LogP contribution in [0.3, 0.4) is 0 Å². The summed E-state index contributed by atoms with van der Waals surface area (Å²) in [4.78, 5) is 14.2. The lowest BCUT2D eigenvalue weighted by molar-refractivity contribution is -0.150. The fourth-order valence-corrected chi connectivity index (χ4v) is 3.48. The third-order valence-electron chi connectivity index (χ3n) is 4.28. The van der Waals surface area contributed by atoms with Crippen LogP contribution in [0.15, 0.2) is 6.07 Å². The molecular weight excluding hydrogens is 310 g/mol. The normalized spacial score (nSPS) is 18.4. The summed E-state index contributed by atoms with van der Waals surface area (Å²) in [5, 5.41) is 9.29. The molecule has 0 aromatic carbocycles. The van der Waals surface area contributed by atoms with E-state index in [-0.39, 0.29) is 11.9 Å². The first-order valence-electron chi connectivity index (χ1n) is 7.98. The number of aromatic nitrogens is 1. The molecule has 124 valence electrons. The Morgan fingerprint density at radius 1 is 1.52 bits per heavy atom. The number of carbonyl (C=O) groups excluding carboxylic acids is 1. The fourth-order valence-electron chi connectivity index (χ4n) is 3.08. The summed E-state index contributed by atoms with van der Waals surface area (Å²) in [7, 11) is 0. The predicted octanol–water partition coefficient (Wildman–Crippen LogP) is 2.94. The van der Waals surface area contributed by atoms with Crippen LogP contribution < -0.4 is 0 Å². The van der Waals surface area contributed by atoms with Gasteiger partial charge in [-0.1, -0.05) is 12.2 Å². The minimum Gasteiger partial charge on any atom is -0.466 e. The summed E-state index contributed by atoms with van der Waals surface area (Å²) in [5.74, 6) is -0.182. The Kier molecular flexibility index (Phi) is 5.91. The molecule has 1 saturated heterocycles. The number of esters is 1. The molecule has 1 atom stereocenters. The van der Waals surface area contributed by atoms with Crippen molar-refractivity contribution in [1.82, 2.24) is 9.47 Å². The van der Waals surface area contributed by atoms with Crippen LogP contribution >= 0.6 is 12.2 Å². The molecule has 5 nitrogen and oxygen atoms in total. The quantitative estimate of drug-likeness (QED) is 0.626. The number of rotatable bonds is 4. The van der Waals surface area contributed by atoms with Crippen LogP contribution in [0.4, 0.5) is 0 Å². The monoisotopic (exact) mass is 333 g/mol. The maximum atomic E-state index is 12.0. The van der Waals surface area contributed by atoms with Crippen LogP contribution in [0.1, 0.15) is 36.6 Å². The van der Waals surface area contributed by atoms with E-state index in [1.165, 1.54) is 0 Å². The number of carbonyl (C=O) groups is 1. The average molecular weight is 333 g/mol. The van der Waals surface area contributed by atoms with Crippen LogP contribution in [-0.4, -0.2) is 35.1 Å². The van der Waals surface area contributed by atoms with Gasteiger partial charge >= 0.3 is 5.97 Å². The van der Waals surface area contributed by atoms with Crippen molar-refractivity contribution in [3.63, 3.8) is 0 Å². The average Bonchev–Trinajstić information content (AvgIpc) is 2.52. The summed E-state index contributed by atoms with van der Waals surface area (Å²) in [5.41, 5.74) is 2.50. The molecule has 0 saturated carbocycles. The molecule has 1 aliphatic rings. The van der Waals surface area contributed by atoms with Crippen LogP contribution in [0.2, 0.25) is 0 Å². The molecule has 0 radical (unpaired) electrons. The largest absolute Gasteiger partial charge is 0.466 e. The van der Waals surface area contributed by atoms with E-state index < -0.39 is 0 Å². The van der Waals surface area contributed by atoms with E-state index in [9.17, 15) is 10.1 Å². The molecule has 0 amide bonds. The van der Waals surface area contributed by atoms with E-state index in [1.54, 1.807) is 0 Å². The van der Waals surface area contributed by atoms with E-state index in [4.69, 9.17) is 17.0 Å². The molecule has 1 fully saturated rings. The maximum Gasteiger partial charge on any atom is 0.310 e. The maximum absolute atomic E-state index is 12.0. The number of ether oxygens (including phenoxy) is 1. The first-order chi connectivity index (χ1) is 11.0. The molecule has 1 aromatic heterocycles. The molecule has 0 N–H and O–H groups in total. The molecule has 2 heterocycles. The Morgan fingerprint density at radius 2 is 2.26 bits per heavy atom. The van der Waals surface area contributed by atoms with Gasteiger partial charge in [0.15, 0.2) is 0 Å². The standard InChI is InChI=1S/C17H23N3O2S/c1-4-22-17(21)14-6-5-7-19(10-14)11-20-13(3)8-12(2)15(9-18)16(20)23/h8,14H,4-7,10-11H2,1-3H3/t14-/m1/s1. The van der Waals surface area contributed by atoms with Crippen molar-refractivity contribution in [2.24, 2.45) is 5.92 Å². The van der Waals surface area contributed by atoms with Crippen LogP contribution in [0.25, 0.3) is 0 Å². The van der Waals surface area contributed by atoms with Crippen molar-refractivity contribution in [2.75, 3.05) is 19.7 Å². The Balaban J connectivity index is 2.18. The number of piperidine rings is 1.